The third kappa shape index (κ3) is 2.38. The molecule has 1 aromatic rings. The predicted molar refractivity (Wildman–Crippen MR) is 70.2 cm³/mol. The zero-order valence-electron chi connectivity index (χ0n) is 10.8. The average Bonchev–Trinajstić information content (AvgIpc) is 2.98. The predicted octanol–water partition coefficient (Wildman–Crippen LogP) is 1.07. The summed E-state index contributed by atoms with van der Waals surface area (Å²) >= 11 is 0. The van der Waals surface area contributed by atoms with Crippen LogP contribution in [-0.4, -0.2) is 42.3 Å². The van der Waals surface area contributed by atoms with Crippen LogP contribution in [0.2, 0.25) is 0 Å². The maximum atomic E-state index is 11.4. The Bertz CT molecular complexity index is 490. The summed E-state index contributed by atoms with van der Waals surface area (Å²) in [6, 6.07) is 5.78. The summed E-state index contributed by atoms with van der Waals surface area (Å²) in [5.74, 6) is 0.841. The number of carbonyl (C=O) groups is 1. The second-order valence-corrected chi connectivity index (χ2v) is 4.95. The van der Waals surface area contributed by atoms with Crippen molar-refractivity contribution in [2.75, 3.05) is 26.2 Å². The van der Waals surface area contributed by atoms with Crippen LogP contribution < -0.4 is 10.1 Å². The number of aliphatic hydroxyl groups is 1. The minimum Gasteiger partial charge on any atom is -0.491 e. The maximum absolute atomic E-state index is 11.4. The van der Waals surface area contributed by atoms with E-state index in [0.29, 0.717) is 19.7 Å². The standard InChI is InChI=1S/C14H18N2O3/c17-12-5-4-11-10(12)2-1-3-13(11)19-9-8-16-7-6-15-14(16)18/h1-3,12,17H,4-9H2,(H,15,18). The number of hydrogen-bond donors (Lipinski definition) is 2. The number of nitrogens with zero attached hydrogens (tertiary/aromatic N) is 1. The third-order valence-electron chi connectivity index (χ3n) is 3.76. The highest BCUT2D eigenvalue weighted by Crippen LogP contribution is 2.36. The van der Waals surface area contributed by atoms with Gasteiger partial charge < -0.3 is 20.1 Å². The van der Waals surface area contributed by atoms with Gasteiger partial charge in [0.2, 0.25) is 0 Å². The molecule has 1 aliphatic carbocycles. The molecule has 2 aliphatic rings. The Kier molecular flexibility index (Phi) is 3.29. The summed E-state index contributed by atoms with van der Waals surface area (Å²) < 4.78 is 5.77. The molecular formula is C14H18N2O3. The fourth-order valence-electron chi connectivity index (χ4n) is 2.72. The van der Waals surface area contributed by atoms with E-state index < -0.39 is 0 Å². The van der Waals surface area contributed by atoms with Gasteiger partial charge in [-0.2, -0.15) is 0 Å². The zero-order chi connectivity index (χ0) is 13.2. The summed E-state index contributed by atoms with van der Waals surface area (Å²) in [5, 5.41) is 12.6. The van der Waals surface area contributed by atoms with E-state index in [1.54, 1.807) is 4.90 Å². The van der Waals surface area contributed by atoms with Crippen LogP contribution in [0.5, 0.6) is 5.75 Å². The van der Waals surface area contributed by atoms with Crippen molar-refractivity contribution in [1.82, 2.24) is 10.2 Å². The third-order valence-corrected chi connectivity index (χ3v) is 3.76. The molecule has 0 saturated carbocycles. The first kappa shape index (κ1) is 12.3. The number of nitrogens with one attached hydrogen (secondary N) is 1. The molecule has 0 bridgehead atoms. The first-order valence-corrected chi connectivity index (χ1v) is 6.71. The van der Waals surface area contributed by atoms with Crippen LogP contribution in [0.3, 0.4) is 0 Å². The van der Waals surface area contributed by atoms with Crippen molar-refractivity contribution in [3.05, 3.63) is 29.3 Å². The van der Waals surface area contributed by atoms with Crippen molar-refractivity contribution in [2.24, 2.45) is 0 Å². The van der Waals surface area contributed by atoms with Crippen molar-refractivity contribution in [2.45, 2.75) is 18.9 Å². The minimum absolute atomic E-state index is 0.0164. The number of urea groups is 1. The van der Waals surface area contributed by atoms with Gasteiger partial charge in [-0.15, -0.1) is 0 Å². The Balaban J connectivity index is 1.60. The lowest BCUT2D eigenvalue weighted by molar-refractivity contribution is 0.180. The number of hydrogen-bond acceptors (Lipinski definition) is 3. The van der Waals surface area contributed by atoms with E-state index in [9.17, 15) is 9.90 Å². The Morgan fingerprint density at radius 1 is 1.47 bits per heavy atom. The fraction of sp³-hybridized carbons (Fsp3) is 0.500. The summed E-state index contributed by atoms with van der Waals surface area (Å²) in [4.78, 5) is 13.1. The Morgan fingerprint density at radius 3 is 3.16 bits per heavy atom. The van der Waals surface area contributed by atoms with Crippen LogP contribution in [0.1, 0.15) is 23.7 Å². The molecule has 1 unspecified atom stereocenters. The second-order valence-electron chi connectivity index (χ2n) is 4.95. The summed E-state index contributed by atoms with van der Waals surface area (Å²) in [7, 11) is 0. The molecule has 1 heterocycles. The molecule has 0 radical (unpaired) electrons. The van der Waals surface area contributed by atoms with Gasteiger partial charge in [0, 0.05) is 18.7 Å². The van der Waals surface area contributed by atoms with Gasteiger partial charge in [-0.25, -0.2) is 4.79 Å². The Labute approximate surface area is 112 Å². The lowest BCUT2D eigenvalue weighted by Gasteiger charge is -2.16. The smallest absolute Gasteiger partial charge is 0.317 e. The molecule has 19 heavy (non-hydrogen) atoms. The van der Waals surface area contributed by atoms with Crippen molar-refractivity contribution in [1.29, 1.82) is 0 Å². The number of fused-ring (bicyclic) bond motifs is 1. The van der Waals surface area contributed by atoms with Crippen LogP contribution in [0.15, 0.2) is 18.2 Å². The number of rotatable bonds is 4. The largest absolute Gasteiger partial charge is 0.491 e. The molecule has 5 nitrogen and oxygen atoms in total. The highest BCUT2D eigenvalue weighted by Gasteiger charge is 2.23. The fourth-order valence-corrected chi connectivity index (χ4v) is 2.72. The van der Waals surface area contributed by atoms with E-state index in [0.717, 1.165) is 36.3 Å². The van der Waals surface area contributed by atoms with Gasteiger partial charge >= 0.3 is 6.03 Å². The number of aliphatic hydroxyl groups excluding tert-OH is 1. The molecule has 102 valence electrons. The van der Waals surface area contributed by atoms with Gasteiger partial charge in [0.1, 0.15) is 12.4 Å². The van der Waals surface area contributed by atoms with E-state index in [1.807, 2.05) is 18.2 Å². The molecule has 2 N–H and O–H groups in total. The lowest BCUT2D eigenvalue weighted by atomic mass is 10.1. The molecule has 1 fully saturated rings. The number of carbonyl (C=O) groups excluding carboxylic acids is 1. The topological polar surface area (TPSA) is 61.8 Å². The second kappa shape index (κ2) is 5.09. The van der Waals surface area contributed by atoms with Crippen molar-refractivity contribution in [3.8, 4) is 5.75 Å². The summed E-state index contributed by atoms with van der Waals surface area (Å²) in [6.45, 7) is 2.54. The molecular weight excluding hydrogens is 244 g/mol. The van der Waals surface area contributed by atoms with Gasteiger partial charge in [0.05, 0.1) is 12.6 Å². The van der Waals surface area contributed by atoms with Gasteiger partial charge in [-0.1, -0.05) is 12.1 Å². The molecule has 3 rings (SSSR count). The first-order valence-electron chi connectivity index (χ1n) is 6.71. The van der Waals surface area contributed by atoms with Gasteiger partial charge in [0.25, 0.3) is 0 Å². The molecule has 5 heteroatoms. The van der Waals surface area contributed by atoms with E-state index in [-0.39, 0.29) is 12.1 Å². The van der Waals surface area contributed by atoms with E-state index >= 15 is 0 Å². The Hall–Kier alpha value is -1.75. The van der Waals surface area contributed by atoms with Crippen LogP contribution in [0, 0.1) is 0 Å². The Morgan fingerprint density at radius 2 is 2.37 bits per heavy atom. The van der Waals surface area contributed by atoms with Crippen molar-refractivity contribution >= 4 is 6.03 Å². The van der Waals surface area contributed by atoms with Crippen LogP contribution in [0.25, 0.3) is 0 Å². The summed E-state index contributed by atoms with van der Waals surface area (Å²) in [5.41, 5.74) is 2.09. The zero-order valence-corrected chi connectivity index (χ0v) is 10.8. The summed E-state index contributed by atoms with van der Waals surface area (Å²) in [6.07, 6.45) is 1.27. The number of amides is 2. The average molecular weight is 262 g/mol. The lowest BCUT2D eigenvalue weighted by Crippen LogP contribution is -2.31. The van der Waals surface area contributed by atoms with Crippen LogP contribution in [0.4, 0.5) is 4.79 Å². The molecule has 1 aromatic carbocycles. The molecule has 2 amide bonds. The highest BCUT2D eigenvalue weighted by molar-refractivity contribution is 5.76. The quantitative estimate of drug-likeness (QED) is 0.853. The normalized spacial score (nSPS) is 21.4. The molecule has 1 aliphatic heterocycles. The van der Waals surface area contributed by atoms with E-state index in [4.69, 9.17) is 4.74 Å². The SMILES string of the molecule is O=C1NCCN1CCOc1cccc2c1CCC2O. The van der Waals surface area contributed by atoms with Crippen molar-refractivity contribution < 1.29 is 14.6 Å². The van der Waals surface area contributed by atoms with Crippen LogP contribution in [-0.2, 0) is 6.42 Å². The maximum Gasteiger partial charge on any atom is 0.317 e. The molecule has 1 atom stereocenters. The number of ether oxygens (including phenoxy) is 1. The van der Waals surface area contributed by atoms with E-state index in [2.05, 4.69) is 5.32 Å². The molecule has 1 saturated heterocycles. The van der Waals surface area contributed by atoms with Crippen molar-refractivity contribution in [3.63, 3.8) is 0 Å². The van der Waals surface area contributed by atoms with E-state index in [1.165, 1.54) is 0 Å². The van der Waals surface area contributed by atoms with Gasteiger partial charge in [-0.05, 0) is 24.5 Å². The first-order chi connectivity index (χ1) is 9.25. The molecule has 0 aromatic heterocycles. The van der Waals surface area contributed by atoms with Gasteiger partial charge in [-0.3, -0.25) is 0 Å². The van der Waals surface area contributed by atoms with Gasteiger partial charge in [0.15, 0.2) is 0 Å². The van der Waals surface area contributed by atoms with Crippen LogP contribution >= 0.6 is 0 Å². The monoisotopic (exact) mass is 262 g/mol. The number of benzene rings is 1. The minimum atomic E-state index is -0.358. The highest BCUT2D eigenvalue weighted by atomic mass is 16.5. The molecule has 0 spiro atoms.